The molecule has 14 heavy (non-hydrogen) atoms. The predicted octanol–water partition coefficient (Wildman–Crippen LogP) is 2.64. The quantitative estimate of drug-likeness (QED) is 0.671. The Hall–Kier alpha value is -0.530. The van der Waals surface area contributed by atoms with E-state index < -0.39 is 0 Å². The highest BCUT2D eigenvalue weighted by atomic mass is 16.1. The lowest BCUT2D eigenvalue weighted by molar-refractivity contribution is -0.118. The fourth-order valence-corrected chi connectivity index (χ4v) is 1.88. The summed E-state index contributed by atoms with van der Waals surface area (Å²) in [6.07, 6.45) is 10.7. The third-order valence-corrected chi connectivity index (χ3v) is 2.74. The fourth-order valence-electron chi connectivity index (χ4n) is 1.88. The molecule has 2 radical (unpaired) electrons. The number of hydrogen-bond donors (Lipinski definition) is 1. The Labute approximate surface area is 87.5 Å². The molecule has 2 nitrogen and oxygen atoms in total. The summed E-state index contributed by atoms with van der Waals surface area (Å²) in [6.45, 7) is 3.75. The molecule has 1 amide bonds. The monoisotopic (exact) mass is 195 g/mol. The van der Waals surface area contributed by atoms with Gasteiger partial charge in [-0.1, -0.05) is 39.0 Å². The number of carbonyl (C=O) groups excluding carboxylic acids is 1. The average Bonchev–Trinajstić information content (AvgIpc) is 2.20. The van der Waals surface area contributed by atoms with Gasteiger partial charge in [-0.15, -0.1) is 0 Å². The van der Waals surface area contributed by atoms with Gasteiger partial charge < -0.3 is 5.32 Å². The highest BCUT2D eigenvalue weighted by Crippen LogP contribution is 2.17. The molecule has 0 aromatic rings. The zero-order valence-corrected chi connectivity index (χ0v) is 8.93. The number of unbranched alkanes of at least 4 members (excludes halogenated alkanes) is 2. The van der Waals surface area contributed by atoms with Crippen molar-refractivity contribution in [3.63, 3.8) is 0 Å². The van der Waals surface area contributed by atoms with Crippen LogP contribution in [0.1, 0.15) is 51.4 Å². The van der Waals surface area contributed by atoms with Gasteiger partial charge in [-0.25, -0.2) is 0 Å². The van der Waals surface area contributed by atoms with Crippen molar-refractivity contribution in [1.82, 2.24) is 5.32 Å². The Morgan fingerprint density at radius 3 is 2.71 bits per heavy atom. The van der Waals surface area contributed by atoms with Gasteiger partial charge in [-0.3, -0.25) is 4.79 Å². The third kappa shape index (κ3) is 4.64. The number of amides is 1. The van der Waals surface area contributed by atoms with Crippen molar-refractivity contribution in [2.75, 3.05) is 0 Å². The average molecular weight is 195 g/mol. The van der Waals surface area contributed by atoms with Gasteiger partial charge in [0.2, 0.25) is 5.91 Å². The van der Waals surface area contributed by atoms with Crippen LogP contribution in [-0.4, -0.2) is 11.9 Å². The zero-order chi connectivity index (χ0) is 10.2. The Morgan fingerprint density at radius 1 is 1.36 bits per heavy atom. The zero-order valence-electron chi connectivity index (χ0n) is 8.93. The molecule has 0 saturated heterocycles. The van der Waals surface area contributed by atoms with Gasteiger partial charge in [0, 0.05) is 12.5 Å². The molecule has 0 spiro atoms. The van der Waals surface area contributed by atoms with E-state index in [9.17, 15) is 4.79 Å². The fraction of sp³-hybridized carbons (Fsp3) is 0.750. The van der Waals surface area contributed by atoms with E-state index in [-0.39, 0.29) is 5.91 Å². The number of nitrogens with one attached hydrogen (secondary N) is 1. The third-order valence-electron chi connectivity index (χ3n) is 2.74. The van der Waals surface area contributed by atoms with Crippen LogP contribution >= 0.6 is 0 Å². The van der Waals surface area contributed by atoms with Crippen LogP contribution < -0.4 is 5.32 Å². The molecular weight excluding hydrogens is 174 g/mol. The van der Waals surface area contributed by atoms with Crippen LogP contribution in [0.25, 0.3) is 0 Å². The van der Waals surface area contributed by atoms with Crippen molar-refractivity contribution in [3.05, 3.63) is 13.3 Å². The maximum Gasteiger partial charge on any atom is 0.224 e. The maximum atomic E-state index is 11.4. The smallest absolute Gasteiger partial charge is 0.224 e. The van der Waals surface area contributed by atoms with Gasteiger partial charge in [0.15, 0.2) is 0 Å². The normalized spacial score (nSPS) is 18.1. The predicted molar refractivity (Wildman–Crippen MR) is 58.5 cm³/mol. The Kier molecular flexibility index (Phi) is 5.65. The summed E-state index contributed by atoms with van der Waals surface area (Å²) in [6, 6.07) is 0.437. The number of hydrogen-bond acceptors (Lipinski definition) is 1. The van der Waals surface area contributed by atoms with Gasteiger partial charge in [0.05, 0.1) is 0 Å². The van der Waals surface area contributed by atoms with Crippen LogP contribution in [0.4, 0.5) is 0 Å². The second kappa shape index (κ2) is 6.86. The molecule has 0 aromatic heterocycles. The summed E-state index contributed by atoms with van der Waals surface area (Å²) in [4.78, 5) is 11.4. The summed E-state index contributed by atoms with van der Waals surface area (Å²) in [7, 11) is 0. The molecule has 1 aliphatic carbocycles. The lowest BCUT2D eigenvalue weighted by Gasteiger charge is -2.22. The highest BCUT2D eigenvalue weighted by molar-refractivity contribution is 5.84. The van der Waals surface area contributed by atoms with Crippen molar-refractivity contribution in [1.29, 1.82) is 0 Å². The van der Waals surface area contributed by atoms with Crippen molar-refractivity contribution < 1.29 is 4.79 Å². The molecule has 1 N–H and O–H groups in total. The molecule has 0 aromatic carbocycles. The van der Waals surface area contributed by atoms with Crippen LogP contribution in [0.3, 0.4) is 0 Å². The van der Waals surface area contributed by atoms with E-state index >= 15 is 0 Å². The molecule has 0 atom stereocenters. The largest absolute Gasteiger partial charge is 0.353 e. The number of rotatable bonds is 5. The van der Waals surface area contributed by atoms with E-state index in [1.165, 1.54) is 19.3 Å². The first-order valence-electron chi connectivity index (χ1n) is 5.76. The lowest BCUT2D eigenvalue weighted by Crippen LogP contribution is -2.36. The Balaban J connectivity index is 2.06. The van der Waals surface area contributed by atoms with Gasteiger partial charge in [-0.2, -0.15) is 0 Å². The van der Waals surface area contributed by atoms with Gasteiger partial charge in [0.25, 0.3) is 0 Å². The minimum atomic E-state index is 0.116. The molecular formula is C12H21NO. The van der Waals surface area contributed by atoms with Gasteiger partial charge >= 0.3 is 0 Å². The molecule has 2 heteroatoms. The summed E-state index contributed by atoms with van der Waals surface area (Å²) >= 11 is 0. The van der Waals surface area contributed by atoms with E-state index in [0.29, 0.717) is 6.04 Å². The molecule has 0 heterocycles. The minimum Gasteiger partial charge on any atom is -0.353 e. The van der Waals surface area contributed by atoms with Crippen molar-refractivity contribution >= 4 is 5.91 Å². The van der Waals surface area contributed by atoms with E-state index in [2.05, 4.69) is 12.2 Å². The molecule has 0 bridgehead atoms. The van der Waals surface area contributed by atoms with Crippen LogP contribution in [0.2, 0.25) is 0 Å². The summed E-state index contributed by atoms with van der Waals surface area (Å²) < 4.78 is 0. The van der Waals surface area contributed by atoms with Crippen molar-refractivity contribution in [2.45, 2.75) is 57.4 Å². The minimum absolute atomic E-state index is 0.116. The molecule has 1 rings (SSSR count). The second-order valence-electron chi connectivity index (χ2n) is 4.04. The molecule has 0 aliphatic heterocycles. The molecule has 80 valence electrons. The molecule has 1 saturated carbocycles. The molecule has 1 aliphatic rings. The van der Waals surface area contributed by atoms with E-state index in [1.807, 2.05) is 0 Å². The molecule has 1 fully saturated rings. The topological polar surface area (TPSA) is 29.1 Å². The van der Waals surface area contributed by atoms with Crippen LogP contribution in [0.15, 0.2) is 0 Å². The van der Waals surface area contributed by atoms with Gasteiger partial charge in [0.1, 0.15) is 0 Å². The summed E-state index contributed by atoms with van der Waals surface area (Å²) in [5.41, 5.74) is 0. The standard InChI is InChI=1S/C12H21NO/c1-2-3-5-10-12(14)13-11-8-6-4-7-9-11/h10-11H,1-9H2,(H,13,14). The first-order valence-corrected chi connectivity index (χ1v) is 5.76. The molecule has 0 unspecified atom stereocenters. The van der Waals surface area contributed by atoms with E-state index in [1.54, 1.807) is 6.42 Å². The van der Waals surface area contributed by atoms with Gasteiger partial charge in [-0.05, 0) is 19.3 Å². The first-order chi connectivity index (χ1) is 6.83. The highest BCUT2D eigenvalue weighted by Gasteiger charge is 2.14. The van der Waals surface area contributed by atoms with E-state index in [0.717, 1.165) is 32.1 Å². The lowest BCUT2D eigenvalue weighted by atomic mass is 9.95. The second-order valence-corrected chi connectivity index (χ2v) is 4.04. The van der Waals surface area contributed by atoms with E-state index in [4.69, 9.17) is 0 Å². The van der Waals surface area contributed by atoms with Crippen molar-refractivity contribution in [3.8, 4) is 0 Å². The Morgan fingerprint density at radius 2 is 2.07 bits per heavy atom. The summed E-state index contributed by atoms with van der Waals surface area (Å²) in [5.74, 6) is 0.116. The maximum absolute atomic E-state index is 11.4. The van der Waals surface area contributed by atoms with Crippen LogP contribution in [-0.2, 0) is 4.79 Å². The van der Waals surface area contributed by atoms with Crippen molar-refractivity contribution in [2.24, 2.45) is 0 Å². The first kappa shape index (κ1) is 11.5. The van der Waals surface area contributed by atoms with Crippen LogP contribution in [0.5, 0.6) is 0 Å². The van der Waals surface area contributed by atoms with Crippen LogP contribution in [0, 0.1) is 13.3 Å². The summed E-state index contributed by atoms with van der Waals surface area (Å²) in [5, 5.41) is 3.06. The number of carbonyl (C=O) groups is 1. The SMILES string of the molecule is [CH2]CCC[CH]C(=O)NC1CCCCC1. The Bertz CT molecular complexity index is 162.